The minimum Gasteiger partial charge on any atom is -0.429 e. The molecule has 0 radical (unpaired) electrons. The van der Waals surface area contributed by atoms with E-state index in [1.54, 1.807) is 40.1 Å². The number of hydrogen-bond donors (Lipinski definition) is 0. The predicted octanol–water partition coefficient (Wildman–Crippen LogP) is 4.91. The summed E-state index contributed by atoms with van der Waals surface area (Å²) in [6.45, 7) is 12.9. The van der Waals surface area contributed by atoms with Gasteiger partial charge in [-0.15, -0.1) is 0 Å². The standard InChI is InChI=1S/C5H15BN2.C4H12BNO.C4H12BNS.C3H9BO2.C3H9BOS.C3H9BS2/c1-6(7(2)3)8(4)5;2*1-5(7-4)6(2)3;3*1-4(5-2)6-3/h1-5H3;2*1-4H3;3*1-3H3. The van der Waals surface area contributed by atoms with Gasteiger partial charge in [0.05, 0.1) is 0 Å². The SMILES string of the molecule is CB(N(C)C)N(C)C.COB(C)N(C)C.COB(C)OC.COB(C)SC.CSB(C)N(C)C.CSB(C)SC. The number of nitrogens with zero attached hydrogens (tertiary/aromatic N) is 4. The third-order valence-corrected chi connectivity index (χ3v) is 10.1. The predicted molar refractivity (Wildman–Crippen MR) is 207 cm³/mol. The minimum atomic E-state index is -0.0648. The lowest BCUT2D eigenvalue weighted by atomic mass is 9.77. The first-order chi connectivity index (χ1) is 18.3. The third-order valence-electron chi connectivity index (χ3n) is 5.62. The van der Waals surface area contributed by atoms with E-state index in [1.165, 1.54) is 0 Å². The summed E-state index contributed by atoms with van der Waals surface area (Å²) in [5, 5.41) is 0.769. The Kier molecular flexibility index (Phi) is 54.6. The first-order valence-electron chi connectivity index (χ1n) is 13.2. The molecule has 0 fully saturated rings. The summed E-state index contributed by atoms with van der Waals surface area (Å²) >= 11 is 7.34. The zero-order valence-corrected chi connectivity index (χ0v) is 33.8. The molecule has 0 saturated carbocycles. The molecule has 0 rings (SSSR count). The maximum Gasteiger partial charge on any atom is 0.453 e. The first-order valence-corrected chi connectivity index (χ1v) is 18.4. The molecular weight excluding hydrogens is 577 g/mol. The average molecular weight is 644 g/mol. The van der Waals surface area contributed by atoms with E-state index in [0.29, 0.717) is 19.3 Å². The van der Waals surface area contributed by atoms with Crippen LogP contribution in [0.15, 0.2) is 0 Å². The molecule has 0 heterocycles. The third kappa shape index (κ3) is 52.1. The van der Waals surface area contributed by atoms with Crippen LogP contribution < -0.4 is 0 Å². The van der Waals surface area contributed by atoms with E-state index in [4.69, 9.17) is 9.31 Å². The van der Waals surface area contributed by atoms with Gasteiger partial charge in [0, 0.05) is 28.4 Å². The highest BCUT2D eigenvalue weighted by Crippen LogP contribution is 2.11. The van der Waals surface area contributed by atoms with Crippen molar-refractivity contribution in [3.8, 4) is 0 Å². The molecule has 0 aliphatic carbocycles. The molecule has 0 N–H and O–H groups in total. The van der Waals surface area contributed by atoms with Crippen molar-refractivity contribution in [3.63, 3.8) is 0 Å². The van der Waals surface area contributed by atoms with Crippen LogP contribution in [-0.4, -0.2) is 168 Å². The molecule has 0 atom stereocenters. The van der Waals surface area contributed by atoms with Crippen LogP contribution in [0, 0.1) is 0 Å². The summed E-state index contributed by atoms with van der Waals surface area (Å²) in [6, 6.07) is 0. The molecule has 0 unspecified atom stereocenters. The van der Waals surface area contributed by atoms with E-state index < -0.39 is 0 Å². The van der Waals surface area contributed by atoms with Gasteiger partial charge in [0.25, 0.3) is 11.4 Å². The van der Waals surface area contributed by atoms with E-state index in [0.717, 1.165) is 5.27 Å². The van der Waals surface area contributed by atoms with Crippen molar-refractivity contribution >= 4 is 85.2 Å². The van der Waals surface area contributed by atoms with Gasteiger partial charge < -0.3 is 37.9 Å². The molecular formula is C22H66B6N4O4S4. The van der Waals surface area contributed by atoms with Gasteiger partial charge in [0.15, 0.2) is 0 Å². The summed E-state index contributed by atoms with van der Waals surface area (Å²) < 4.78 is 19.2. The maximum absolute atomic E-state index is 4.94. The summed E-state index contributed by atoms with van der Waals surface area (Å²) in [7, 11) is 23.2. The zero-order chi connectivity index (χ0) is 33.4. The molecule has 0 aliphatic rings. The van der Waals surface area contributed by atoms with Crippen LogP contribution in [0.5, 0.6) is 0 Å². The smallest absolute Gasteiger partial charge is 0.429 e. The van der Waals surface area contributed by atoms with Crippen molar-refractivity contribution in [1.82, 2.24) is 19.2 Å². The van der Waals surface area contributed by atoms with Crippen LogP contribution in [0.1, 0.15) is 0 Å². The molecule has 0 bridgehead atoms. The second-order valence-corrected chi connectivity index (χ2v) is 14.2. The monoisotopic (exact) mass is 644 g/mol. The Balaban J connectivity index is -0.0000000870. The second-order valence-electron chi connectivity index (χ2n) is 9.27. The molecule has 0 spiro atoms. The van der Waals surface area contributed by atoms with Gasteiger partial charge in [0.1, 0.15) is 0 Å². The van der Waals surface area contributed by atoms with E-state index in [-0.39, 0.29) is 14.2 Å². The van der Waals surface area contributed by atoms with Gasteiger partial charge in [-0.3, -0.25) is 0 Å². The van der Waals surface area contributed by atoms with Gasteiger partial charge in [-0.05, 0) is 102 Å². The van der Waals surface area contributed by atoms with E-state index >= 15 is 0 Å². The Morgan fingerprint density at radius 3 is 0.825 bits per heavy atom. The van der Waals surface area contributed by atoms with Crippen molar-refractivity contribution in [1.29, 1.82) is 0 Å². The van der Waals surface area contributed by atoms with Gasteiger partial charge in [-0.1, -0.05) is 20.5 Å². The summed E-state index contributed by atoms with van der Waals surface area (Å²) in [4.78, 5) is 8.52. The van der Waals surface area contributed by atoms with E-state index in [1.807, 2.05) is 80.5 Å². The van der Waals surface area contributed by atoms with Crippen molar-refractivity contribution in [2.45, 2.75) is 40.9 Å². The van der Waals surface area contributed by atoms with Gasteiger partial charge in [-0.25, -0.2) is 0 Å². The Bertz CT molecular complexity index is 408. The number of hydrogen-bond acceptors (Lipinski definition) is 12. The zero-order valence-electron chi connectivity index (χ0n) is 30.5. The van der Waals surface area contributed by atoms with Crippen LogP contribution in [-0.2, 0) is 18.6 Å². The van der Waals surface area contributed by atoms with Crippen LogP contribution in [0.25, 0.3) is 0 Å². The molecule has 8 nitrogen and oxygen atoms in total. The normalized spacial score (nSPS) is 9.45. The molecule has 0 aliphatic heterocycles. The lowest BCUT2D eigenvalue weighted by molar-refractivity contribution is 0.285. The fourth-order valence-electron chi connectivity index (χ4n) is 1.17. The van der Waals surface area contributed by atoms with Crippen LogP contribution in [0.2, 0.25) is 40.9 Å². The second kappa shape index (κ2) is 40.5. The van der Waals surface area contributed by atoms with E-state index in [9.17, 15) is 0 Å². The fraction of sp³-hybridized carbons (Fsp3) is 1.00. The van der Waals surface area contributed by atoms with Crippen molar-refractivity contribution < 1.29 is 18.6 Å². The van der Waals surface area contributed by atoms with Crippen LogP contribution in [0.4, 0.5) is 0 Å². The summed E-state index contributed by atoms with van der Waals surface area (Å²) in [5.74, 6) is 0. The molecule has 0 aromatic rings. The van der Waals surface area contributed by atoms with Gasteiger partial charge >= 0.3 is 27.3 Å². The first kappa shape index (κ1) is 54.0. The van der Waals surface area contributed by atoms with Gasteiger partial charge in [0.2, 0.25) is 0 Å². The van der Waals surface area contributed by atoms with Crippen molar-refractivity contribution in [3.05, 3.63) is 0 Å². The van der Waals surface area contributed by atoms with Crippen LogP contribution >= 0.6 is 46.5 Å². The molecule has 0 aromatic carbocycles. The largest absolute Gasteiger partial charge is 0.453 e. The Morgan fingerprint density at radius 2 is 0.825 bits per heavy atom. The maximum atomic E-state index is 4.94. The molecule has 240 valence electrons. The molecule has 18 heteroatoms. The highest BCUT2D eigenvalue weighted by molar-refractivity contribution is 8.53. The molecule has 0 amide bonds. The molecule has 40 heavy (non-hydrogen) atoms. The highest BCUT2D eigenvalue weighted by atomic mass is 32.2. The van der Waals surface area contributed by atoms with E-state index in [2.05, 4.69) is 105 Å². The van der Waals surface area contributed by atoms with Crippen molar-refractivity contribution in [2.24, 2.45) is 0 Å². The topological polar surface area (TPSA) is 49.9 Å². The van der Waals surface area contributed by atoms with Gasteiger partial charge in [-0.2, -0.15) is 46.5 Å². The summed E-state index contributed by atoms with van der Waals surface area (Å²) in [6.07, 6.45) is 9.39. The number of rotatable bonds is 12. The lowest BCUT2D eigenvalue weighted by Crippen LogP contribution is -2.42. The Morgan fingerprint density at radius 1 is 0.450 bits per heavy atom. The summed E-state index contributed by atoms with van der Waals surface area (Å²) in [5.41, 5.74) is 0. The average Bonchev–Trinajstić information content (AvgIpc) is 2.95. The molecule has 0 aromatic heterocycles. The quantitative estimate of drug-likeness (QED) is 0.272. The highest BCUT2D eigenvalue weighted by Gasteiger charge is 2.11. The lowest BCUT2D eigenvalue weighted by Gasteiger charge is -2.22. The fourth-order valence-corrected chi connectivity index (χ4v) is 2.56. The Labute approximate surface area is 272 Å². The van der Waals surface area contributed by atoms with Crippen LogP contribution in [0.3, 0.4) is 0 Å². The van der Waals surface area contributed by atoms with Crippen molar-refractivity contribution in [2.75, 3.05) is 110 Å². The Hall–Kier alpha value is 1.47. The minimum absolute atomic E-state index is 0.0648. The molecule has 0 saturated heterocycles.